The number of carboxylic acid groups (broad SMARTS) is 1. The van der Waals surface area contributed by atoms with Gasteiger partial charge in [-0.05, 0) is 32.4 Å². The summed E-state index contributed by atoms with van der Waals surface area (Å²) < 4.78 is 0. The molecule has 0 aliphatic heterocycles. The summed E-state index contributed by atoms with van der Waals surface area (Å²) in [7, 11) is 0. The quantitative estimate of drug-likeness (QED) is 0.820. The topological polar surface area (TPSA) is 66.4 Å². The first-order chi connectivity index (χ1) is 7.99. The summed E-state index contributed by atoms with van der Waals surface area (Å²) in [5.74, 6) is -1.01. The van der Waals surface area contributed by atoms with Gasteiger partial charge in [0, 0.05) is 18.0 Å². The largest absolute Gasteiger partial charge is 0.481 e. The second kappa shape index (κ2) is 6.03. The van der Waals surface area contributed by atoms with E-state index in [0.29, 0.717) is 12.0 Å². The molecule has 1 atom stereocenters. The first kappa shape index (κ1) is 13.2. The summed E-state index contributed by atoms with van der Waals surface area (Å²) in [6.07, 6.45) is 0.502. The van der Waals surface area contributed by atoms with Crippen LogP contribution in [-0.2, 0) is 4.79 Å². The number of rotatable bonds is 5. The normalized spacial score (nSPS) is 11.9. The van der Waals surface area contributed by atoms with Gasteiger partial charge in [-0.25, -0.2) is 0 Å². The van der Waals surface area contributed by atoms with Gasteiger partial charge in [-0.1, -0.05) is 17.7 Å². The van der Waals surface area contributed by atoms with Crippen molar-refractivity contribution in [2.75, 3.05) is 0 Å². The number of hydrogen-bond acceptors (Lipinski definition) is 2. The lowest BCUT2D eigenvalue weighted by molar-refractivity contribution is -0.137. The molecule has 0 saturated carbocycles. The van der Waals surface area contributed by atoms with Crippen LogP contribution in [0.4, 0.5) is 0 Å². The van der Waals surface area contributed by atoms with Crippen molar-refractivity contribution in [1.29, 1.82) is 0 Å². The van der Waals surface area contributed by atoms with E-state index in [9.17, 15) is 9.59 Å². The molecule has 0 bridgehead atoms. The van der Waals surface area contributed by atoms with Crippen LogP contribution in [0, 0.1) is 6.92 Å². The van der Waals surface area contributed by atoms with Crippen molar-refractivity contribution in [3.05, 3.63) is 35.4 Å². The van der Waals surface area contributed by atoms with Crippen LogP contribution in [0.3, 0.4) is 0 Å². The maximum absolute atomic E-state index is 11.8. The summed E-state index contributed by atoms with van der Waals surface area (Å²) in [5.41, 5.74) is 1.69. The van der Waals surface area contributed by atoms with Crippen molar-refractivity contribution in [1.82, 2.24) is 5.32 Å². The van der Waals surface area contributed by atoms with E-state index in [2.05, 4.69) is 5.32 Å². The number of benzene rings is 1. The molecule has 1 aromatic rings. The Morgan fingerprint density at radius 2 is 1.88 bits per heavy atom. The number of carboxylic acids is 1. The lowest BCUT2D eigenvalue weighted by Crippen LogP contribution is -2.32. The lowest BCUT2D eigenvalue weighted by atomic mass is 10.1. The molecule has 2 N–H and O–H groups in total. The number of aliphatic carboxylic acids is 1. The Bertz CT molecular complexity index is 398. The van der Waals surface area contributed by atoms with Crippen molar-refractivity contribution < 1.29 is 14.7 Å². The van der Waals surface area contributed by atoms with Crippen molar-refractivity contribution in [3.63, 3.8) is 0 Å². The second-order valence-corrected chi connectivity index (χ2v) is 4.17. The Hall–Kier alpha value is -1.84. The maximum Gasteiger partial charge on any atom is 0.303 e. The van der Waals surface area contributed by atoms with E-state index in [-0.39, 0.29) is 18.4 Å². The highest BCUT2D eigenvalue weighted by Gasteiger charge is 2.10. The van der Waals surface area contributed by atoms with E-state index in [1.165, 1.54) is 0 Å². The zero-order valence-electron chi connectivity index (χ0n) is 10.1. The molecule has 1 aromatic carbocycles. The van der Waals surface area contributed by atoms with Crippen LogP contribution in [0.15, 0.2) is 24.3 Å². The molecule has 92 valence electrons. The van der Waals surface area contributed by atoms with Gasteiger partial charge in [-0.3, -0.25) is 9.59 Å². The third-order valence-corrected chi connectivity index (χ3v) is 2.48. The minimum Gasteiger partial charge on any atom is -0.481 e. The van der Waals surface area contributed by atoms with E-state index in [0.717, 1.165) is 5.56 Å². The standard InChI is InChI=1S/C13H17NO3/c1-9-3-6-11(7-4-9)13(17)14-10(2)5-8-12(15)16/h3-4,6-7,10H,5,8H2,1-2H3,(H,14,17)(H,15,16). The lowest BCUT2D eigenvalue weighted by Gasteiger charge is -2.12. The summed E-state index contributed by atoms with van der Waals surface area (Å²) in [5, 5.41) is 11.3. The SMILES string of the molecule is Cc1ccc(C(=O)NC(C)CCC(=O)O)cc1. The second-order valence-electron chi connectivity index (χ2n) is 4.17. The van der Waals surface area contributed by atoms with Gasteiger partial charge in [0.2, 0.25) is 0 Å². The number of carbonyl (C=O) groups is 2. The number of aryl methyl sites for hydroxylation is 1. The van der Waals surface area contributed by atoms with Crippen LogP contribution in [0.5, 0.6) is 0 Å². The van der Waals surface area contributed by atoms with Gasteiger partial charge in [0.1, 0.15) is 0 Å². The molecule has 0 aliphatic carbocycles. The number of hydrogen-bond donors (Lipinski definition) is 2. The highest BCUT2D eigenvalue weighted by Crippen LogP contribution is 2.04. The van der Waals surface area contributed by atoms with Gasteiger partial charge >= 0.3 is 5.97 Å². The molecule has 0 spiro atoms. The van der Waals surface area contributed by atoms with Gasteiger partial charge in [-0.2, -0.15) is 0 Å². The molecule has 0 fully saturated rings. The highest BCUT2D eigenvalue weighted by atomic mass is 16.4. The van der Waals surface area contributed by atoms with E-state index in [4.69, 9.17) is 5.11 Å². The maximum atomic E-state index is 11.8. The molecule has 0 saturated heterocycles. The first-order valence-corrected chi connectivity index (χ1v) is 5.58. The van der Waals surface area contributed by atoms with Crippen LogP contribution >= 0.6 is 0 Å². The first-order valence-electron chi connectivity index (χ1n) is 5.58. The van der Waals surface area contributed by atoms with E-state index < -0.39 is 5.97 Å². The van der Waals surface area contributed by atoms with Crippen molar-refractivity contribution in [2.24, 2.45) is 0 Å². The van der Waals surface area contributed by atoms with Crippen LogP contribution in [-0.4, -0.2) is 23.0 Å². The summed E-state index contributed by atoms with van der Waals surface area (Å²) in [6.45, 7) is 3.76. The fourth-order valence-corrected chi connectivity index (χ4v) is 1.42. The van der Waals surface area contributed by atoms with Crippen LogP contribution in [0.1, 0.15) is 35.7 Å². The molecule has 0 heterocycles. The van der Waals surface area contributed by atoms with Crippen LogP contribution in [0.25, 0.3) is 0 Å². The molecular formula is C13H17NO3. The van der Waals surface area contributed by atoms with Crippen LogP contribution in [0.2, 0.25) is 0 Å². The molecule has 0 aromatic heterocycles. The van der Waals surface area contributed by atoms with Crippen molar-refractivity contribution in [3.8, 4) is 0 Å². The fraction of sp³-hybridized carbons (Fsp3) is 0.385. The number of carbonyl (C=O) groups excluding carboxylic acids is 1. The Labute approximate surface area is 101 Å². The molecule has 1 unspecified atom stereocenters. The smallest absolute Gasteiger partial charge is 0.303 e. The number of amides is 1. The molecule has 0 radical (unpaired) electrons. The molecule has 4 nitrogen and oxygen atoms in total. The Balaban J connectivity index is 2.48. The summed E-state index contributed by atoms with van der Waals surface area (Å²) in [6, 6.07) is 7.12. The highest BCUT2D eigenvalue weighted by molar-refractivity contribution is 5.94. The van der Waals surface area contributed by atoms with Gasteiger partial charge in [0.05, 0.1) is 0 Å². The van der Waals surface area contributed by atoms with Crippen LogP contribution < -0.4 is 5.32 Å². The molecule has 1 rings (SSSR count). The van der Waals surface area contributed by atoms with E-state index in [1.807, 2.05) is 19.1 Å². The average molecular weight is 235 g/mol. The Morgan fingerprint density at radius 3 is 2.41 bits per heavy atom. The third kappa shape index (κ3) is 4.68. The van der Waals surface area contributed by atoms with Crippen molar-refractivity contribution in [2.45, 2.75) is 32.7 Å². The zero-order valence-corrected chi connectivity index (χ0v) is 10.1. The average Bonchev–Trinajstić information content (AvgIpc) is 2.27. The third-order valence-electron chi connectivity index (χ3n) is 2.48. The zero-order chi connectivity index (χ0) is 12.8. The summed E-state index contributed by atoms with van der Waals surface area (Å²) >= 11 is 0. The minimum absolute atomic E-state index is 0.0648. The Morgan fingerprint density at radius 1 is 1.29 bits per heavy atom. The molecule has 4 heteroatoms. The van der Waals surface area contributed by atoms with Gasteiger partial charge in [-0.15, -0.1) is 0 Å². The minimum atomic E-state index is -0.846. The predicted octanol–water partition coefficient (Wildman–Crippen LogP) is 1.98. The Kier molecular flexibility index (Phi) is 4.69. The van der Waals surface area contributed by atoms with Gasteiger partial charge in [0.15, 0.2) is 0 Å². The molecule has 1 amide bonds. The van der Waals surface area contributed by atoms with Crippen molar-refractivity contribution >= 4 is 11.9 Å². The van der Waals surface area contributed by atoms with Gasteiger partial charge in [0.25, 0.3) is 5.91 Å². The summed E-state index contributed by atoms with van der Waals surface area (Å²) in [4.78, 5) is 22.1. The van der Waals surface area contributed by atoms with Gasteiger partial charge < -0.3 is 10.4 Å². The molecule has 0 aliphatic rings. The fourth-order valence-electron chi connectivity index (χ4n) is 1.42. The monoisotopic (exact) mass is 235 g/mol. The predicted molar refractivity (Wildman–Crippen MR) is 65.0 cm³/mol. The van der Waals surface area contributed by atoms with E-state index >= 15 is 0 Å². The number of nitrogens with one attached hydrogen (secondary N) is 1. The molecular weight excluding hydrogens is 218 g/mol. The van der Waals surface area contributed by atoms with E-state index in [1.54, 1.807) is 19.1 Å². The molecule has 17 heavy (non-hydrogen) atoms.